The number of hydrogen-bond acceptors (Lipinski definition) is 6. The Bertz CT molecular complexity index is 1030. The molecule has 1 aliphatic rings. The number of nitrogens with one attached hydrogen (secondary N) is 2. The van der Waals surface area contributed by atoms with Crippen molar-refractivity contribution in [2.24, 2.45) is 5.92 Å². The Morgan fingerprint density at radius 1 is 1.03 bits per heavy atom. The lowest BCUT2D eigenvalue weighted by Gasteiger charge is -2.45. The van der Waals surface area contributed by atoms with Crippen LogP contribution >= 0.6 is 0 Å². The van der Waals surface area contributed by atoms with Crippen LogP contribution in [-0.4, -0.2) is 50.2 Å². The Kier molecular flexibility index (Phi) is 6.46. The van der Waals surface area contributed by atoms with Gasteiger partial charge in [0.05, 0.1) is 27.4 Å². The molecular formula is C22H23F3N2O6. The van der Waals surface area contributed by atoms with Gasteiger partial charge in [-0.3, -0.25) is 4.79 Å². The molecule has 3 N–H and O–H groups in total. The maximum atomic E-state index is 14.1. The summed E-state index contributed by atoms with van der Waals surface area (Å²) < 4.78 is 57.9. The van der Waals surface area contributed by atoms with Crippen LogP contribution in [0, 0.1) is 12.8 Å². The molecule has 3 atom stereocenters. The number of methoxy groups -OCH3 is 3. The number of halogens is 3. The quantitative estimate of drug-likeness (QED) is 0.563. The van der Waals surface area contributed by atoms with Crippen molar-refractivity contribution in [3.8, 4) is 17.2 Å². The van der Waals surface area contributed by atoms with E-state index in [1.807, 2.05) is 0 Å². The van der Waals surface area contributed by atoms with Crippen molar-refractivity contribution in [1.82, 2.24) is 10.6 Å². The summed E-state index contributed by atoms with van der Waals surface area (Å²) in [6, 6.07) is 5.56. The van der Waals surface area contributed by atoms with Crippen LogP contribution in [-0.2, 0) is 0 Å². The summed E-state index contributed by atoms with van der Waals surface area (Å²) in [5.74, 6) is -2.85. The van der Waals surface area contributed by atoms with Crippen LogP contribution in [0.3, 0.4) is 0 Å². The molecule has 2 aromatic rings. The lowest BCUT2D eigenvalue weighted by atomic mass is 9.77. The zero-order valence-electron chi connectivity index (χ0n) is 18.2. The molecule has 0 bridgehead atoms. The minimum absolute atomic E-state index is 0.0347. The number of ketones is 1. The Labute approximate surface area is 187 Å². The molecular weight excluding hydrogens is 445 g/mol. The average Bonchev–Trinajstić information content (AvgIpc) is 2.76. The normalized spacial score (nSPS) is 22.7. The highest BCUT2D eigenvalue weighted by Crippen LogP contribution is 2.47. The van der Waals surface area contributed by atoms with E-state index in [-0.39, 0.29) is 28.4 Å². The van der Waals surface area contributed by atoms with Crippen LogP contribution in [0.25, 0.3) is 0 Å². The van der Waals surface area contributed by atoms with E-state index in [0.717, 1.165) is 5.56 Å². The number of Topliss-reactive ketones (excluding diaryl/α,β-unsaturated/α-hetero) is 1. The smallest absolute Gasteiger partial charge is 0.437 e. The van der Waals surface area contributed by atoms with Crippen molar-refractivity contribution in [2.45, 2.75) is 24.9 Å². The second-order valence-corrected chi connectivity index (χ2v) is 7.51. The number of amides is 2. The van der Waals surface area contributed by atoms with Gasteiger partial charge >= 0.3 is 12.2 Å². The fourth-order valence-corrected chi connectivity index (χ4v) is 3.80. The number of aryl methyl sites for hydroxylation is 1. The van der Waals surface area contributed by atoms with Gasteiger partial charge in [-0.25, -0.2) is 4.79 Å². The first-order chi connectivity index (χ1) is 15.5. The molecule has 0 saturated carbocycles. The average molecular weight is 468 g/mol. The molecule has 3 rings (SSSR count). The van der Waals surface area contributed by atoms with E-state index in [2.05, 4.69) is 5.32 Å². The number of aliphatic hydroxyl groups is 1. The maximum Gasteiger partial charge on any atom is 0.437 e. The van der Waals surface area contributed by atoms with Gasteiger partial charge in [-0.05, 0) is 24.6 Å². The lowest BCUT2D eigenvalue weighted by Crippen LogP contribution is -2.72. The van der Waals surface area contributed by atoms with Crippen molar-refractivity contribution < 1.29 is 42.1 Å². The first-order valence-electron chi connectivity index (χ1n) is 9.75. The summed E-state index contributed by atoms with van der Waals surface area (Å²) in [5, 5.41) is 14.5. The van der Waals surface area contributed by atoms with Crippen LogP contribution in [0.2, 0.25) is 0 Å². The highest BCUT2D eigenvalue weighted by atomic mass is 19.4. The van der Waals surface area contributed by atoms with Crippen molar-refractivity contribution in [1.29, 1.82) is 0 Å². The molecule has 0 spiro atoms. The zero-order valence-corrected chi connectivity index (χ0v) is 18.2. The zero-order chi connectivity index (χ0) is 24.6. The molecule has 33 heavy (non-hydrogen) atoms. The SMILES string of the molecule is COc1cc([C@@H]2NC(=O)N[C@@](O)(C(F)(F)F)[C@H]2C(=O)c2ccc(C)cc2)cc(OC)c1OC. The Morgan fingerprint density at radius 3 is 2.03 bits per heavy atom. The van der Waals surface area contributed by atoms with Crippen molar-refractivity contribution in [3.63, 3.8) is 0 Å². The second-order valence-electron chi connectivity index (χ2n) is 7.51. The highest BCUT2D eigenvalue weighted by Gasteiger charge is 2.66. The number of carbonyl (C=O) groups is 2. The number of urea groups is 1. The Balaban J connectivity index is 2.24. The number of rotatable bonds is 6. The molecule has 2 amide bonds. The molecule has 0 aliphatic carbocycles. The van der Waals surface area contributed by atoms with Crippen LogP contribution in [0.5, 0.6) is 17.2 Å². The molecule has 0 radical (unpaired) electrons. The van der Waals surface area contributed by atoms with Gasteiger partial charge < -0.3 is 30.0 Å². The molecule has 2 aromatic carbocycles. The molecule has 0 unspecified atom stereocenters. The molecule has 1 aliphatic heterocycles. The molecule has 1 fully saturated rings. The van der Waals surface area contributed by atoms with Gasteiger partial charge in [0, 0.05) is 5.56 Å². The summed E-state index contributed by atoms with van der Waals surface area (Å²) in [7, 11) is 3.96. The number of ether oxygens (including phenoxy) is 3. The molecule has 0 aromatic heterocycles. The minimum Gasteiger partial charge on any atom is -0.493 e. The summed E-state index contributed by atoms with van der Waals surface area (Å²) in [4.78, 5) is 25.6. The van der Waals surface area contributed by atoms with Gasteiger partial charge in [-0.15, -0.1) is 0 Å². The van der Waals surface area contributed by atoms with Gasteiger partial charge in [0.25, 0.3) is 0 Å². The predicted molar refractivity (Wildman–Crippen MR) is 111 cm³/mol. The summed E-state index contributed by atoms with van der Waals surface area (Å²) in [6.45, 7) is 1.75. The van der Waals surface area contributed by atoms with Crippen LogP contribution in [0.15, 0.2) is 36.4 Å². The first-order valence-corrected chi connectivity index (χ1v) is 9.75. The van der Waals surface area contributed by atoms with E-state index in [9.17, 15) is 27.9 Å². The number of hydrogen-bond donors (Lipinski definition) is 3. The standard InChI is InChI=1S/C22H23F3N2O6/c1-11-5-7-12(8-6-11)18(28)16-17(26-20(29)27-21(16,30)22(23,24)25)13-9-14(31-2)19(33-4)15(10-13)32-3/h5-10,16-17,30H,1-4H3,(H2,26,27,29)/t16-,17+,21+/m1/s1. The molecule has 1 heterocycles. The summed E-state index contributed by atoms with van der Waals surface area (Å²) in [6.07, 6.45) is -5.37. The largest absolute Gasteiger partial charge is 0.493 e. The van der Waals surface area contributed by atoms with E-state index in [4.69, 9.17) is 14.2 Å². The van der Waals surface area contributed by atoms with Gasteiger partial charge in [-0.2, -0.15) is 13.2 Å². The van der Waals surface area contributed by atoms with Crippen LogP contribution < -0.4 is 24.8 Å². The topological polar surface area (TPSA) is 106 Å². The van der Waals surface area contributed by atoms with E-state index in [1.54, 1.807) is 19.1 Å². The predicted octanol–water partition coefficient (Wildman–Crippen LogP) is 3.12. The van der Waals surface area contributed by atoms with Crippen LogP contribution in [0.1, 0.15) is 27.5 Å². The fourth-order valence-electron chi connectivity index (χ4n) is 3.80. The third kappa shape index (κ3) is 4.28. The van der Waals surface area contributed by atoms with Gasteiger partial charge in [-0.1, -0.05) is 29.8 Å². The molecule has 11 heteroatoms. The third-order valence-electron chi connectivity index (χ3n) is 5.47. The van der Waals surface area contributed by atoms with Crippen molar-refractivity contribution in [2.75, 3.05) is 21.3 Å². The van der Waals surface area contributed by atoms with E-state index >= 15 is 0 Å². The highest BCUT2D eigenvalue weighted by molar-refractivity contribution is 6.00. The molecule has 1 saturated heterocycles. The lowest BCUT2D eigenvalue weighted by molar-refractivity contribution is -0.287. The first kappa shape index (κ1) is 24.2. The van der Waals surface area contributed by atoms with E-state index in [1.165, 1.54) is 50.9 Å². The van der Waals surface area contributed by atoms with E-state index in [0.29, 0.717) is 0 Å². The van der Waals surface area contributed by atoms with Crippen LogP contribution in [0.4, 0.5) is 18.0 Å². The third-order valence-corrected chi connectivity index (χ3v) is 5.47. The van der Waals surface area contributed by atoms with Crippen molar-refractivity contribution in [3.05, 3.63) is 53.1 Å². The van der Waals surface area contributed by atoms with E-state index < -0.39 is 35.7 Å². The van der Waals surface area contributed by atoms with Gasteiger partial charge in [0.2, 0.25) is 11.5 Å². The molecule has 178 valence electrons. The minimum atomic E-state index is -5.37. The Morgan fingerprint density at radius 2 is 1.58 bits per heavy atom. The molecule has 8 nitrogen and oxygen atoms in total. The monoisotopic (exact) mass is 468 g/mol. The summed E-state index contributed by atoms with van der Waals surface area (Å²) >= 11 is 0. The van der Waals surface area contributed by atoms with Gasteiger partial charge in [0.1, 0.15) is 5.92 Å². The number of benzene rings is 2. The number of alkyl halides is 3. The number of carbonyl (C=O) groups excluding carboxylic acids is 2. The summed E-state index contributed by atoms with van der Waals surface area (Å²) in [5.41, 5.74) is -3.09. The van der Waals surface area contributed by atoms with Gasteiger partial charge in [0.15, 0.2) is 17.3 Å². The van der Waals surface area contributed by atoms with Crippen molar-refractivity contribution >= 4 is 11.8 Å². The second kappa shape index (κ2) is 8.81. The Hall–Kier alpha value is -3.47. The maximum absolute atomic E-state index is 14.1. The fraction of sp³-hybridized carbons (Fsp3) is 0.364.